The minimum absolute atomic E-state index is 0.129. The number of carbonyl (C=O) groups is 1. The van der Waals surface area contributed by atoms with E-state index in [0.717, 1.165) is 6.07 Å². The highest BCUT2D eigenvalue weighted by Gasteiger charge is 2.42. The van der Waals surface area contributed by atoms with Crippen molar-refractivity contribution in [3.05, 3.63) is 28.0 Å². The third-order valence-electron chi connectivity index (χ3n) is 2.99. The molecule has 1 aliphatic rings. The number of aromatic amines is 1. The number of β-amino-alcohol motifs (C(OH)–C–C–N with tert-alkyl or cyclic N) is 1. The number of likely N-dealkylation sites (tertiary alicyclic amines) is 1. The first-order valence-electron chi connectivity index (χ1n) is 5.38. The molecule has 1 fully saturated rings. The Morgan fingerprint density at radius 3 is 2.71 bits per heavy atom. The monoisotopic (exact) mass is 238 g/mol. The fourth-order valence-corrected chi connectivity index (χ4v) is 1.87. The van der Waals surface area contributed by atoms with Crippen LogP contribution < -0.4 is 5.56 Å². The van der Waals surface area contributed by atoms with Gasteiger partial charge in [-0.2, -0.15) is 0 Å². The van der Waals surface area contributed by atoms with Crippen molar-refractivity contribution in [1.29, 1.82) is 0 Å². The Hall–Kier alpha value is -1.82. The first-order chi connectivity index (χ1) is 7.93. The molecule has 0 radical (unpaired) electrons. The second-order valence-corrected chi connectivity index (χ2v) is 4.36. The van der Waals surface area contributed by atoms with E-state index < -0.39 is 11.2 Å². The first kappa shape index (κ1) is 11.7. The van der Waals surface area contributed by atoms with E-state index in [0.29, 0.717) is 6.42 Å². The molecule has 6 nitrogen and oxygen atoms in total. The molecule has 1 aromatic heterocycles. The minimum atomic E-state index is -0.807. The summed E-state index contributed by atoms with van der Waals surface area (Å²) in [6, 6.07) is 2.33. The van der Waals surface area contributed by atoms with Gasteiger partial charge in [0.1, 0.15) is 0 Å². The van der Waals surface area contributed by atoms with Crippen LogP contribution in [0.1, 0.15) is 23.7 Å². The van der Waals surface area contributed by atoms with Gasteiger partial charge in [-0.05, 0) is 6.42 Å². The molecular weight excluding hydrogens is 224 g/mol. The second kappa shape index (κ2) is 3.89. The minimum Gasteiger partial charge on any atom is -0.494 e. The third-order valence-corrected chi connectivity index (χ3v) is 2.99. The average Bonchev–Trinajstić information content (AvgIpc) is 2.22. The largest absolute Gasteiger partial charge is 0.494 e. The standard InChI is InChI=1S/C11H14N2O4/c1-2-11(17)5-13(6-11)10(16)7-3-8(14)12-9(15)4-7/h3-4,17H,2,5-6H2,1H3,(H2,12,14,15). The second-order valence-electron chi connectivity index (χ2n) is 4.36. The number of H-pyrrole nitrogens is 1. The maximum absolute atomic E-state index is 11.9. The maximum Gasteiger partial charge on any atom is 0.254 e. The molecule has 2 heterocycles. The number of amides is 1. The quantitative estimate of drug-likeness (QED) is 0.658. The SMILES string of the molecule is CCC1(O)CN(C(=O)c2cc(O)[nH]c(=O)c2)C1. The summed E-state index contributed by atoms with van der Waals surface area (Å²) in [5.41, 5.74) is -1.21. The zero-order valence-corrected chi connectivity index (χ0v) is 9.43. The van der Waals surface area contributed by atoms with E-state index in [2.05, 4.69) is 4.98 Å². The van der Waals surface area contributed by atoms with Crippen molar-refractivity contribution in [1.82, 2.24) is 9.88 Å². The van der Waals surface area contributed by atoms with E-state index >= 15 is 0 Å². The number of hydrogen-bond acceptors (Lipinski definition) is 4. The van der Waals surface area contributed by atoms with Gasteiger partial charge in [0.05, 0.1) is 24.3 Å². The Morgan fingerprint density at radius 1 is 1.53 bits per heavy atom. The molecule has 0 aromatic carbocycles. The molecule has 0 bridgehead atoms. The maximum atomic E-state index is 11.9. The predicted octanol–water partition coefficient (Wildman–Crippen LogP) is -0.323. The Bertz CT molecular complexity index is 502. The molecule has 1 amide bonds. The van der Waals surface area contributed by atoms with Gasteiger partial charge in [-0.3, -0.25) is 14.6 Å². The van der Waals surface area contributed by atoms with Crippen molar-refractivity contribution in [2.24, 2.45) is 0 Å². The summed E-state index contributed by atoms with van der Waals surface area (Å²) >= 11 is 0. The van der Waals surface area contributed by atoms with E-state index in [1.54, 1.807) is 0 Å². The van der Waals surface area contributed by atoms with Crippen molar-refractivity contribution >= 4 is 5.91 Å². The molecule has 1 saturated heterocycles. The molecule has 92 valence electrons. The van der Waals surface area contributed by atoms with Crippen molar-refractivity contribution in [2.75, 3.05) is 13.1 Å². The number of rotatable bonds is 2. The first-order valence-corrected chi connectivity index (χ1v) is 5.38. The van der Waals surface area contributed by atoms with Crippen molar-refractivity contribution in [3.8, 4) is 5.88 Å². The van der Waals surface area contributed by atoms with Gasteiger partial charge in [0.2, 0.25) is 0 Å². The molecule has 0 saturated carbocycles. The lowest BCUT2D eigenvalue weighted by Gasteiger charge is -2.46. The highest BCUT2D eigenvalue weighted by molar-refractivity contribution is 5.95. The molecule has 0 aliphatic carbocycles. The summed E-state index contributed by atoms with van der Waals surface area (Å²) in [6.45, 7) is 2.37. The van der Waals surface area contributed by atoms with E-state index in [1.165, 1.54) is 11.0 Å². The zero-order chi connectivity index (χ0) is 12.6. The van der Waals surface area contributed by atoms with Crippen LogP contribution in [-0.4, -0.2) is 44.7 Å². The summed E-state index contributed by atoms with van der Waals surface area (Å²) in [5.74, 6) is -0.698. The van der Waals surface area contributed by atoms with E-state index in [9.17, 15) is 19.8 Å². The van der Waals surface area contributed by atoms with Crippen LogP contribution in [0, 0.1) is 0 Å². The number of pyridine rings is 1. The Labute approximate surface area is 97.5 Å². The third kappa shape index (κ3) is 2.16. The van der Waals surface area contributed by atoms with Gasteiger partial charge in [-0.15, -0.1) is 0 Å². The lowest BCUT2D eigenvalue weighted by Crippen LogP contribution is -2.63. The van der Waals surface area contributed by atoms with Gasteiger partial charge < -0.3 is 15.1 Å². The van der Waals surface area contributed by atoms with Gasteiger partial charge in [0.15, 0.2) is 5.88 Å². The molecule has 6 heteroatoms. The van der Waals surface area contributed by atoms with Crippen LogP contribution in [0.2, 0.25) is 0 Å². The highest BCUT2D eigenvalue weighted by atomic mass is 16.3. The Kier molecular flexibility index (Phi) is 2.66. The van der Waals surface area contributed by atoms with Crippen LogP contribution in [0.5, 0.6) is 5.88 Å². The molecule has 3 N–H and O–H groups in total. The van der Waals surface area contributed by atoms with Gasteiger partial charge in [-0.1, -0.05) is 6.92 Å². The van der Waals surface area contributed by atoms with E-state index in [-0.39, 0.29) is 30.4 Å². The van der Waals surface area contributed by atoms with Crippen molar-refractivity contribution in [3.63, 3.8) is 0 Å². The number of hydrogen-bond donors (Lipinski definition) is 3. The molecule has 0 spiro atoms. The summed E-state index contributed by atoms with van der Waals surface area (Å²) in [6.07, 6.45) is 0.581. The summed E-state index contributed by atoms with van der Waals surface area (Å²) < 4.78 is 0. The number of nitrogens with one attached hydrogen (secondary N) is 1. The van der Waals surface area contributed by atoms with Gasteiger partial charge in [0.25, 0.3) is 11.5 Å². The van der Waals surface area contributed by atoms with E-state index in [1.807, 2.05) is 6.92 Å². The Balaban J connectivity index is 2.14. The fraction of sp³-hybridized carbons (Fsp3) is 0.455. The number of carbonyl (C=O) groups excluding carboxylic acids is 1. The smallest absolute Gasteiger partial charge is 0.254 e. The van der Waals surface area contributed by atoms with Gasteiger partial charge in [-0.25, -0.2) is 0 Å². The molecule has 0 unspecified atom stereocenters. The van der Waals surface area contributed by atoms with Gasteiger partial charge in [0, 0.05) is 12.1 Å². The average molecular weight is 238 g/mol. The highest BCUT2D eigenvalue weighted by Crippen LogP contribution is 2.25. The van der Waals surface area contributed by atoms with Crippen LogP contribution in [0.4, 0.5) is 0 Å². The molecule has 1 aromatic rings. The fourth-order valence-electron chi connectivity index (χ4n) is 1.87. The van der Waals surface area contributed by atoms with Crippen molar-refractivity contribution < 1.29 is 15.0 Å². The van der Waals surface area contributed by atoms with Crippen LogP contribution in [0.25, 0.3) is 0 Å². The molecule has 2 rings (SSSR count). The predicted molar refractivity (Wildman–Crippen MR) is 59.9 cm³/mol. The van der Waals surface area contributed by atoms with Crippen LogP contribution in [-0.2, 0) is 0 Å². The van der Waals surface area contributed by atoms with E-state index in [4.69, 9.17) is 0 Å². The lowest BCUT2D eigenvalue weighted by molar-refractivity contribution is -0.0826. The molecule has 1 aliphatic heterocycles. The zero-order valence-electron chi connectivity index (χ0n) is 9.43. The summed E-state index contributed by atoms with van der Waals surface area (Å²) in [7, 11) is 0. The number of aliphatic hydroxyl groups is 1. The summed E-state index contributed by atoms with van der Waals surface area (Å²) in [4.78, 5) is 26.6. The van der Waals surface area contributed by atoms with Crippen LogP contribution in [0.15, 0.2) is 16.9 Å². The molecule has 17 heavy (non-hydrogen) atoms. The Morgan fingerprint density at radius 2 is 2.18 bits per heavy atom. The van der Waals surface area contributed by atoms with Gasteiger partial charge >= 0.3 is 0 Å². The van der Waals surface area contributed by atoms with Crippen molar-refractivity contribution in [2.45, 2.75) is 18.9 Å². The topological polar surface area (TPSA) is 93.6 Å². The van der Waals surface area contributed by atoms with Crippen LogP contribution >= 0.6 is 0 Å². The number of aromatic nitrogens is 1. The van der Waals surface area contributed by atoms with Crippen LogP contribution in [0.3, 0.4) is 0 Å². The molecule has 0 atom stereocenters. The summed E-state index contributed by atoms with van der Waals surface area (Å²) in [5, 5.41) is 19.0. The normalized spacial score (nSPS) is 17.6. The lowest BCUT2D eigenvalue weighted by atomic mass is 9.91. The number of nitrogens with zero attached hydrogens (tertiary/aromatic N) is 1. The molecular formula is C11H14N2O4. The number of aromatic hydroxyl groups is 1.